The fourth-order valence-electron chi connectivity index (χ4n) is 3.54. The summed E-state index contributed by atoms with van der Waals surface area (Å²) < 4.78 is 2.37. The summed E-state index contributed by atoms with van der Waals surface area (Å²) in [6, 6.07) is 22.7. The second kappa shape index (κ2) is 5.40. The number of hydrazone groups is 1. The average Bonchev–Trinajstić information content (AvgIpc) is 2.88. The fourth-order valence-corrected chi connectivity index (χ4v) is 8.65. The Kier molecular flexibility index (Phi) is 3.69. The zero-order chi connectivity index (χ0) is 15.8. The van der Waals surface area contributed by atoms with Crippen molar-refractivity contribution in [3.8, 4) is 0 Å². The topological polar surface area (TPSA) is 15.6 Å². The summed E-state index contributed by atoms with van der Waals surface area (Å²) in [6.45, 7) is 9.28. The van der Waals surface area contributed by atoms with Gasteiger partial charge in [-0.2, -0.15) is 5.10 Å². The number of para-hydroxylation sites is 1. The maximum Gasteiger partial charge on any atom is 0.227 e. The van der Waals surface area contributed by atoms with Gasteiger partial charge in [-0.05, 0) is 29.3 Å². The molecule has 3 heteroatoms. The van der Waals surface area contributed by atoms with E-state index in [1.807, 2.05) is 0 Å². The molecule has 0 aliphatic carbocycles. The maximum absolute atomic E-state index is 4.97. The van der Waals surface area contributed by atoms with Crippen molar-refractivity contribution in [3.63, 3.8) is 0 Å². The quantitative estimate of drug-likeness (QED) is 0.744. The van der Waals surface area contributed by atoms with Crippen LogP contribution < -0.4 is 9.86 Å². The number of nitrogens with zero attached hydrogens (tertiary/aromatic N) is 2. The normalized spacial score (nSPS) is 21.8. The van der Waals surface area contributed by atoms with E-state index in [2.05, 4.69) is 93.0 Å². The van der Waals surface area contributed by atoms with Crippen molar-refractivity contribution < 1.29 is 0 Å². The van der Waals surface area contributed by atoms with E-state index in [9.17, 15) is 0 Å². The van der Waals surface area contributed by atoms with E-state index >= 15 is 0 Å². The Morgan fingerprint density at radius 1 is 0.909 bits per heavy atom. The van der Waals surface area contributed by atoms with Crippen molar-refractivity contribution in [3.05, 3.63) is 60.7 Å². The SMILES string of the molecule is CC1=NN(c2ccccc2)[Si](c2ccccc2)(C(C)(C)C)C1. The summed E-state index contributed by atoms with van der Waals surface area (Å²) >= 11 is 0. The highest BCUT2D eigenvalue weighted by atomic mass is 28.3. The molecule has 0 spiro atoms. The molecule has 0 saturated carbocycles. The van der Waals surface area contributed by atoms with Crippen LogP contribution in [0.5, 0.6) is 0 Å². The van der Waals surface area contributed by atoms with Gasteiger partial charge in [0.2, 0.25) is 8.24 Å². The first-order valence-corrected chi connectivity index (χ1v) is 10.1. The number of benzene rings is 2. The van der Waals surface area contributed by atoms with Crippen LogP contribution in [-0.2, 0) is 0 Å². The van der Waals surface area contributed by atoms with Crippen molar-refractivity contribution in [1.29, 1.82) is 0 Å². The average molecular weight is 309 g/mol. The van der Waals surface area contributed by atoms with E-state index in [1.54, 1.807) is 0 Å². The Hall–Kier alpha value is -1.87. The van der Waals surface area contributed by atoms with Crippen LogP contribution >= 0.6 is 0 Å². The van der Waals surface area contributed by atoms with Crippen molar-refractivity contribution in [2.45, 2.75) is 38.8 Å². The molecule has 2 aromatic carbocycles. The molecular weight excluding hydrogens is 284 g/mol. The molecule has 0 bridgehead atoms. The Morgan fingerprint density at radius 3 is 2.00 bits per heavy atom. The molecule has 22 heavy (non-hydrogen) atoms. The van der Waals surface area contributed by atoms with Crippen molar-refractivity contribution >= 4 is 24.8 Å². The molecular formula is C19H24N2Si. The van der Waals surface area contributed by atoms with Gasteiger partial charge in [0.1, 0.15) is 0 Å². The molecule has 3 rings (SSSR count). The van der Waals surface area contributed by atoms with Gasteiger partial charge in [-0.1, -0.05) is 69.3 Å². The van der Waals surface area contributed by atoms with Crippen LogP contribution in [0.25, 0.3) is 0 Å². The lowest BCUT2D eigenvalue weighted by Gasteiger charge is -2.45. The Morgan fingerprint density at radius 2 is 1.45 bits per heavy atom. The molecule has 0 saturated heterocycles. The van der Waals surface area contributed by atoms with E-state index in [4.69, 9.17) is 5.10 Å². The predicted octanol–water partition coefficient (Wildman–Crippen LogP) is 4.54. The van der Waals surface area contributed by atoms with Crippen LogP contribution in [0.1, 0.15) is 27.7 Å². The molecule has 0 fully saturated rings. The lowest BCUT2D eigenvalue weighted by molar-refractivity contribution is 0.715. The minimum Gasteiger partial charge on any atom is -0.288 e. The lowest BCUT2D eigenvalue weighted by Crippen LogP contribution is -2.64. The molecule has 114 valence electrons. The molecule has 2 nitrogen and oxygen atoms in total. The van der Waals surface area contributed by atoms with Gasteiger partial charge in [0.05, 0.1) is 0 Å². The molecule has 1 aliphatic heterocycles. The van der Waals surface area contributed by atoms with Gasteiger partial charge in [0.25, 0.3) is 0 Å². The summed E-state index contributed by atoms with van der Waals surface area (Å²) in [5, 5.41) is 6.62. The fraction of sp³-hybridized carbons (Fsp3) is 0.316. The molecule has 2 aromatic rings. The summed E-state index contributed by atoms with van der Waals surface area (Å²) in [4.78, 5) is 0. The van der Waals surface area contributed by atoms with Gasteiger partial charge in [-0.25, -0.2) is 0 Å². The molecule has 1 aliphatic rings. The van der Waals surface area contributed by atoms with E-state index in [1.165, 1.54) is 16.6 Å². The third-order valence-corrected chi connectivity index (χ3v) is 10.5. The molecule has 0 N–H and O–H groups in total. The monoisotopic (exact) mass is 308 g/mol. The zero-order valence-corrected chi connectivity index (χ0v) is 14.9. The van der Waals surface area contributed by atoms with Crippen LogP contribution in [0.15, 0.2) is 65.8 Å². The highest BCUT2D eigenvalue weighted by Crippen LogP contribution is 2.46. The number of anilines is 1. The highest BCUT2D eigenvalue weighted by Gasteiger charge is 2.55. The largest absolute Gasteiger partial charge is 0.288 e. The Bertz CT molecular complexity index is 674. The van der Waals surface area contributed by atoms with Crippen LogP contribution in [-0.4, -0.2) is 13.9 Å². The standard InChI is InChI=1S/C19H24N2Si/c1-16-15-22(19(2,3)4,18-13-9-6-10-14-18)21(20-16)17-11-7-5-8-12-17/h5-14H,15H2,1-4H3. The van der Waals surface area contributed by atoms with Gasteiger partial charge in [0, 0.05) is 17.4 Å². The van der Waals surface area contributed by atoms with Crippen LogP contribution in [0.3, 0.4) is 0 Å². The summed E-state index contributed by atoms with van der Waals surface area (Å²) in [5.74, 6) is 0. The summed E-state index contributed by atoms with van der Waals surface area (Å²) in [6.07, 6.45) is 0. The lowest BCUT2D eigenvalue weighted by atomic mass is 10.2. The number of hydrogen-bond acceptors (Lipinski definition) is 2. The summed E-state index contributed by atoms with van der Waals surface area (Å²) in [7, 11) is -2.01. The maximum atomic E-state index is 4.97. The Balaban J connectivity index is 2.22. The van der Waals surface area contributed by atoms with Crippen molar-refractivity contribution in [2.24, 2.45) is 5.10 Å². The minimum absolute atomic E-state index is 0.186. The van der Waals surface area contributed by atoms with Crippen LogP contribution in [0.2, 0.25) is 11.1 Å². The van der Waals surface area contributed by atoms with E-state index in [0.29, 0.717) is 0 Å². The third-order valence-electron chi connectivity index (χ3n) is 4.64. The predicted molar refractivity (Wildman–Crippen MR) is 98.4 cm³/mol. The zero-order valence-electron chi connectivity index (χ0n) is 13.9. The summed E-state index contributed by atoms with van der Waals surface area (Å²) in [5.41, 5.74) is 2.46. The van der Waals surface area contributed by atoms with Gasteiger partial charge >= 0.3 is 0 Å². The van der Waals surface area contributed by atoms with Crippen molar-refractivity contribution in [2.75, 3.05) is 4.67 Å². The van der Waals surface area contributed by atoms with Crippen molar-refractivity contribution in [1.82, 2.24) is 0 Å². The molecule has 0 radical (unpaired) electrons. The van der Waals surface area contributed by atoms with E-state index in [-0.39, 0.29) is 5.04 Å². The van der Waals surface area contributed by atoms with Gasteiger partial charge < -0.3 is 0 Å². The number of rotatable bonds is 2. The third kappa shape index (κ3) is 2.30. The first-order chi connectivity index (χ1) is 10.4. The molecule has 1 atom stereocenters. The van der Waals surface area contributed by atoms with E-state index in [0.717, 1.165) is 6.04 Å². The number of hydrogen-bond donors (Lipinski definition) is 0. The second-order valence-electron chi connectivity index (χ2n) is 7.14. The first-order valence-electron chi connectivity index (χ1n) is 7.90. The first kappa shape index (κ1) is 15.0. The van der Waals surface area contributed by atoms with Gasteiger partial charge in [0.15, 0.2) is 0 Å². The second-order valence-corrected chi connectivity index (χ2v) is 11.7. The van der Waals surface area contributed by atoms with Crippen LogP contribution in [0, 0.1) is 0 Å². The molecule has 0 amide bonds. The van der Waals surface area contributed by atoms with E-state index < -0.39 is 8.24 Å². The highest BCUT2D eigenvalue weighted by molar-refractivity contribution is 6.99. The molecule has 1 unspecified atom stereocenters. The molecule has 1 heterocycles. The minimum atomic E-state index is -2.01. The smallest absolute Gasteiger partial charge is 0.227 e. The van der Waals surface area contributed by atoms with Gasteiger partial charge in [-0.3, -0.25) is 4.67 Å². The van der Waals surface area contributed by atoms with Crippen LogP contribution in [0.4, 0.5) is 5.69 Å². The Labute approximate surface area is 134 Å². The molecule has 0 aromatic heterocycles. The van der Waals surface area contributed by atoms with Gasteiger partial charge in [-0.15, -0.1) is 0 Å².